The van der Waals surface area contributed by atoms with E-state index in [9.17, 15) is 8.78 Å². The van der Waals surface area contributed by atoms with Gasteiger partial charge in [0.05, 0.1) is 17.5 Å². The number of rotatable bonds is 1. The summed E-state index contributed by atoms with van der Waals surface area (Å²) in [5.41, 5.74) is 2.07. The van der Waals surface area contributed by atoms with E-state index in [0.717, 1.165) is 17.6 Å². The SMILES string of the molecule is Fc1ccc(-c2ncn3ccccc23)cc1F. The third kappa shape index (κ3) is 1.58. The molecule has 0 bridgehead atoms. The van der Waals surface area contributed by atoms with Crippen LogP contribution in [0.4, 0.5) is 8.78 Å². The van der Waals surface area contributed by atoms with E-state index in [-0.39, 0.29) is 0 Å². The number of hydrogen-bond donors (Lipinski definition) is 0. The quantitative estimate of drug-likeness (QED) is 0.627. The zero-order chi connectivity index (χ0) is 11.8. The molecule has 0 radical (unpaired) electrons. The molecule has 0 unspecified atom stereocenters. The fraction of sp³-hybridized carbons (Fsp3) is 0. The molecule has 2 nitrogen and oxygen atoms in total. The van der Waals surface area contributed by atoms with E-state index in [2.05, 4.69) is 4.98 Å². The Hall–Kier alpha value is -2.23. The average Bonchev–Trinajstić information content (AvgIpc) is 2.76. The summed E-state index contributed by atoms with van der Waals surface area (Å²) in [7, 11) is 0. The third-order valence-electron chi connectivity index (χ3n) is 2.64. The highest BCUT2D eigenvalue weighted by atomic mass is 19.2. The summed E-state index contributed by atoms with van der Waals surface area (Å²) in [5, 5.41) is 0. The topological polar surface area (TPSA) is 17.3 Å². The van der Waals surface area contributed by atoms with Crippen LogP contribution in [-0.2, 0) is 0 Å². The molecule has 0 spiro atoms. The van der Waals surface area contributed by atoms with Crippen LogP contribution in [0.15, 0.2) is 48.9 Å². The van der Waals surface area contributed by atoms with Crippen molar-refractivity contribution in [2.45, 2.75) is 0 Å². The van der Waals surface area contributed by atoms with Gasteiger partial charge in [0, 0.05) is 11.8 Å². The van der Waals surface area contributed by atoms with E-state index in [4.69, 9.17) is 0 Å². The van der Waals surface area contributed by atoms with Crippen LogP contribution in [0.2, 0.25) is 0 Å². The highest BCUT2D eigenvalue weighted by Crippen LogP contribution is 2.24. The fourth-order valence-corrected chi connectivity index (χ4v) is 1.81. The van der Waals surface area contributed by atoms with Crippen molar-refractivity contribution < 1.29 is 8.78 Å². The van der Waals surface area contributed by atoms with Crippen LogP contribution in [0.3, 0.4) is 0 Å². The largest absolute Gasteiger partial charge is 0.306 e. The highest BCUT2D eigenvalue weighted by Gasteiger charge is 2.09. The van der Waals surface area contributed by atoms with Crippen LogP contribution in [-0.4, -0.2) is 9.38 Å². The molecule has 0 N–H and O–H groups in total. The maximum absolute atomic E-state index is 13.2. The first kappa shape index (κ1) is 9.96. The molecule has 84 valence electrons. The molecule has 0 atom stereocenters. The number of halogens is 2. The van der Waals surface area contributed by atoms with Gasteiger partial charge in [-0.1, -0.05) is 6.07 Å². The summed E-state index contributed by atoms with van der Waals surface area (Å²) < 4.78 is 27.8. The number of pyridine rings is 1. The molecule has 17 heavy (non-hydrogen) atoms. The van der Waals surface area contributed by atoms with E-state index >= 15 is 0 Å². The molecule has 0 amide bonds. The van der Waals surface area contributed by atoms with Crippen LogP contribution >= 0.6 is 0 Å². The second-order valence-electron chi connectivity index (χ2n) is 3.72. The van der Waals surface area contributed by atoms with Crippen LogP contribution in [0.5, 0.6) is 0 Å². The lowest BCUT2D eigenvalue weighted by Gasteiger charge is -2.00. The first-order chi connectivity index (χ1) is 8.25. The van der Waals surface area contributed by atoms with E-state index in [1.165, 1.54) is 6.07 Å². The Morgan fingerprint density at radius 2 is 1.88 bits per heavy atom. The molecule has 3 aromatic rings. The van der Waals surface area contributed by atoms with Gasteiger partial charge < -0.3 is 4.40 Å². The number of aromatic nitrogens is 2. The Balaban J connectivity index is 2.24. The molecule has 2 heterocycles. The minimum absolute atomic E-state index is 0.567. The second-order valence-corrected chi connectivity index (χ2v) is 3.72. The van der Waals surface area contributed by atoms with Gasteiger partial charge in [0.2, 0.25) is 0 Å². The highest BCUT2D eigenvalue weighted by molar-refractivity contribution is 5.76. The van der Waals surface area contributed by atoms with Gasteiger partial charge in [0.25, 0.3) is 0 Å². The van der Waals surface area contributed by atoms with Crippen LogP contribution < -0.4 is 0 Å². The Morgan fingerprint density at radius 3 is 2.71 bits per heavy atom. The first-order valence-corrected chi connectivity index (χ1v) is 5.13. The van der Waals surface area contributed by atoms with Crippen molar-refractivity contribution in [1.29, 1.82) is 0 Å². The van der Waals surface area contributed by atoms with Crippen molar-refractivity contribution in [2.75, 3.05) is 0 Å². The van der Waals surface area contributed by atoms with Crippen molar-refractivity contribution in [3.05, 3.63) is 60.6 Å². The zero-order valence-electron chi connectivity index (χ0n) is 8.77. The summed E-state index contributed by atoms with van der Waals surface area (Å²) >= 11 is 0. The molecule has 0 aliphatic carbocycles. The minimum Gasteiger partial charge on any atom is -0.306 e. The number of hydrogen-bond acceptors (Lipinski definition) is 1. The molecule has 0 aliphatic heterocycles. The van der Waals surface area contributed by atoms with E-state index in [1.807, 2.05) is 28.8 Å². The smallest absolute Gasteiger partial charge is 0.159 e. The van der Waals surface area contributed by atoms with E-state index < -0.39 is 11.6 Å². The summed E-state index contributed by atoms with van der Waals surface area (Å²) in [6.45, 7) is 0. The Labute approximate surface area is 96.2 Å². The molecule has 0 aliphatic rings. The van der Waals surface area contributed by atoms with Crippen LogP contribution in [0.1, 0.15) is 0 Å². The molecule has 2 aromatic heterocycles. The van der Waals surface area contributed by atoms with Gasteiger partial charge in [-0.2, -0.15) is 0 Å². The Kier molecular flexibility index (Phi) is 2.14. The standard InChI is InChI=1S/C13H8F2N2/c14-10-5-4-9(7-11(10)15)13-12-3-1-2-6-17(12)8-16-13/h1-8H. The monoisotopic (exact) mass is 230 g/mol. The van der Waals surface area contributed by atoms with Crippen LogP contribution in [0, 0.1) is 11.6 Å². The van der Waals surface area contributed by atoms with Crippen molar-refractivity contribution in [1.82, 2.24) is 9.38 Å². The van der Waals surface area contributed by atoms with Crippen LogP contribution in [0.25, 0.3) is 16.8 Å². The predicted octanol–water partition coefficient (Wildman–Crippen LogP) is 3.28. The lowest BCUT2D eigenvalue weighted by Crippen LogP contribution is -1.86. The fourth-order valence-electron chi connectivity index (χ4n) is 1.81. The molecular formula is C13H8F2N2. The lowest BCUT2D eigenvalue weighted by atomic mass is 10.1. The summed E-state index contributed by atoms with van der Waals surface area (Å²) in [5.74, 6) is -1.71. The average molecular weight is 230 g/mol. The van der Waals surface area contributed by atoms with Crippen molar-refractivity contribution >= 4 is 5.52 Å². The van der Waals surface area contributed by atoms with Gasteiger partial charge in [0.1, 0.15) is 0 Å². The summed E-state index contributed by atoms with van der Waals surface area (Å²) in [6, 6.07) is 9.42. The zero-order valence-corrected chi connectivity index (χ0v) is 8.77. The molecule has 0 saturated carbocycles. The first-order valence-electron chi connectivity index (χ1n) is 5.13. The van der Waals surface area contributed by atoms with Crippen molar-refractivity contribution in [3.63, 3.8) is 0 Å². The lowest BCUT2D eigenvalue weighted by molar-refractivity contribution is 0.509. The van der Waals surface area contributed by atoms with Gasteiger partial charge in [-0.15, -0.1) is 0 Å². The van der Waals surface area contributed by atoms with Gasteiger partial charge in [-0.05, 0) is 30.3 Å². The van der Waals surface area contributed by atoms with Crippen molar-refractivity contribution in [3.8, 4) is 11.3 Å². The molecule has 0 saturated heterocycles. The third-order valence-corrected chi connectivity index (χ3v) is 2.64. The van der Waals surface area contributed by atoms with Crippen molar-refractivity contribution in [2.24, 2.45) is 0 Å². The summed E-state index contributed by atoms with van der Waals surface area (Å²) in [6.07, 6.45) is 3.50. The predicted molar refractivity (Wildman–Crippen MR) is 60.5 cm³/mol. The molecule has 0 fully saturated rings. The molecule has 4 heteroatoms. The number of imidazole rings is 1. The van der Waals surface area contributed by atoms with E-state index in [1.54, 1.807) is 6.33 Å². The molecule has 3 rings (SSSR count). The number of benzene rings is 1. The number of fused-ring (bicyclic) bond motifs is 1. The van der Waals surface area contributed by atoms with E-state index in [0.29, 0.717) is 11.3 Å². The van der Waals surface area contributed by atoms with Gasteiger partial charge in [-0.3, -0.25) is 0 Å². The minimum atomic E-state index is -0.861. The summed E-state index contributed by atoms with van der Waals surface area (Å²) in [4.78, 5) is 4.21. The Bertz CT molecular complexity index is 689. The normalized spacial score (nSPS) is 10.9. The van der Waals surface area contributed by atoms with Gasteiger partial charge in [0.15, 0.2) is 11.6 Å². The van der Waals surface area contributed by atoms with Gasteiger partial charge in [-0.25, -0.2) is 13.8 Å². The molecule has 1 aromatic carbocycles. The van der Waals surface area contributed by atoms with Gasteiger partial charge >= 0.3 is 0 Å². The maximum Gasteiger partial charge on any atom is 0.159 e. The second kappa shape index (κ2) is 3.66. The Morgan fingerprint density at radius 1 is 1.00 bits per heavy atom. The molecular weight excluding hydrogens is 222 g/mol. The maximum atomic E-state index is 13.2. The number of nitrogens with zero attached hydrogens (tertiary/aromatic N) is 2.